The number of nitrogens with one attached hydrogen (secondary N) is 2. The zero-order chi connectivity index (χ0) is 15.4. The van der Waals surface area contributed by atoms with Crippen LogP contribution in [0.25, 0.3) is 0 Å². The number of hydrogen-bond acceptors (Lipinski definition) is 4. The molecule has 0 saturated heterocycles. The highest BCUT2D eigenvalue weighted by atomic mass is 28.4. The normalized spacial score (nSPS) is 11.7. The average molecular weight is 305 g/mol. The maximum Gasteiger partial charge on any atom is 0.334 e. The fourth-order valence-electron chi connectivity index (χ4n) is 1.83. The maximum absolute atomic E-state index is 11.6. The second kappa shape index (κ2) is 11.1. The average Bonchev–Trinajstić information content (AvgIpc) is 2.48. The van der Waals surface area contributed by atoms with Crippen LogP contribution in [-0.4, -0.2) is 66.4 Å². The second-order valence-corrected chi connectivity index (χ2v) is 8.44. The number of nitrogens with zero attached hydrogens (tertiary/aromatic N) is 1. The lowest BCUT2D eigenvalue weighted by Gasteiger charge is -2.22. The fourth-order valence-corrected chi connectivity index (χ4v) is 3.22. The molecule has 0 aliphatic heterocycles. The molecular formula is C13H31N3O3Si. The fraction of sp³-hybridized carbons (Fsp3) is 0.923. The minimum Gasteiger partial charge on any atom is -0.398 e. The van der Waals surface area contributed by atoms with Crippen molar-refractivity contribution < 1.29 is 13.6 Å². The van der Waals surface area contributed by atoms with Crippen LogP contribution in [0.15, 0.2) is 0 Å². The number of carbonyl (C=O) groups excluding carboxylic acids is 1. The van der Waals surface area contributed by atoms with Crippen LogP contribution in [0.5, 0.6) is 0 Å². The third-order valence-corrected chi connectivity index (χ3v) is 6.55. The molecule has 2 amide bonds. The second-order valence-electron chi connectivity index (χ2n) is 4.86. The Hall–Kier alpha value is -0.633. The summed E-state index contributed by atoms with van der Waals surface area (Å²) in [5, 5.41) is 5.72. The Labute approximate surface area is 124 Å². The highest BCUT2D eigenvalue weighted by molar-refractivity contribution is 6.65. The Kier molecular flexibility index (Phi) is 10.7. The summed E-state index contributed by atoms with van der Waals surface area (Å²) < 4.78 is 10.8. The molecule has 0 bridgehead atoms. The molecule has 0 fully saturated rings. The zero-order valence-corrected chi connectivity index (χ0v) is 14.6. The lowest BCUT2D eigenvalue weighted by molar-refractivity contribution is 0.235. The van der Waals surface area contributed by atoms with Crippen molar-refractivity contribution in [1.82, 2.24) is 15.5 Å². The van der Waals surface area contributed by atoms with Gasteiger partial charge in [-0.2, -0.15) is 0 Å². The van der Waals surface area contributed by atoms with Crippen LogP contribution < -0.4 is 10.6 Å². The van der Waals surface area contributed by atoms with Gasteiger partial charge in [0.1, 0.15) is 0 Å². The van der Waals surface area contributed by atoms with Crippen LogP contribution in [0.3, 0.4) is 0 Å². The molecule has 0 rings (SSSR count). The van der Waals surface area contributed by atoms with Gasteiger partial charge in [0.15, 0.2) is 0 Å². The standard InChI is InChI=1S/C13H31N3O3Si/c1-6-16(7-2)11-10-15-13(17)14-9-8-12-20(5,18-3)19-4/h6-12H2,1-5H3,(H2,14,15,17). The monoisotopic (exact) mass is 305 g/mol. The van der Waals surface area contributed by atoms with Crippen molar-refractivity contribution in [3.8, 4) is 0 Å². The largest absolute Gasteiger partial charge is 0.398 e. The summed E-state index contributed by atoms with van der Waals surface area (Å²) in [6.07, 6.45) is 0.869. The molecule has 0 aromatic carbocycles. The topological polar surface area (TPSA) is 62.8 Å². The van der Waals surface area contributed by atoms with E-state index < -0.39 is 8.56 Å². The third-order valence-electron chi connectivity index (χ3n) is 3.56. The van der Waals surface area contributed by atoms with Gasteiger partial charge in [0, 0.05) is 33.9 Å². The summed E-state index contributed by atoms with van der Waals surface area (Å²) >= 11 is 0. The van der Waals surface area contributed by atoms with Gasteiger partial charge in [-0.3, -0.25) is 0 Å². The van der Waals surface area contributed by atoms with E-state index >= 15 is 0 Å². The minimum atomic E-state index is -2.00. The van der Waals surface area contributed by atoms with Crippen molar-refractivity contribution in [1.29, 1.82) is 0 Å². The van der Waals surface area contributed by atoms with Crippen LogP contribution in [0.4, 0.5) is 4.79 Å². The van der Waals surface area contributed by atoms with Crippen molar-refractivity contribution in [3.63, 3.8) is 0 Å². The summed E-state index contributed by atoms with van der Waals surface area (Å²) in [5.41, 5.74) is 0. The van der Waals surface area contributed by atoms with E-state index in [1.54, 1.807) is 14.2 Å². The maximum atomic E-state index is 11.6. The van der Waals surface area contributed by atoms with E-state index in [9.17, 15) is 4.79 Å². The van der Waals surface area contributed by atoms with Gasteiger partial charge < -0.3 is 24.4 Å². The molecule has 0 aliphatic rings. The Morgan fingerprint density at radius 3 is 2.15 bits per heavy atom. The van der Waals surface area contributed by atoms with Crippen LogP contribution in [0.1, 0.15) is 20.3 Å². The van der Waals surface area contributed by atoms with Crippen molar-refractivity contribution in [2.24, 2.45) is 0 Å². The van der Waals surface area contributed by atoms with Crippen LogP contribution in [0, 0.1) is 0 Å². The van der Waals surface area contributed by atoms with Crippen molar-refractivity contribution in [2.75, 3.05) is 46.9 Å². The molecule has 0 saturated carbocycles. The van der Waals surface area contributed by atoms with E-state index in [0.29, 0.717) is 13.1 Å². The molecule has 0 atom stereocenters. The highest BCUT2D eigenvalue weighted by Gasteiger charge is 2.27. The predicted molar refractivity (Wildman–Crippen MR) is 84.2 cm³/mol. The molecule has 0 radical (unpaired) electrons. The Morgan fingerprint density at radius 2 is 1.65 bits per heavy atom. The highest BCUT2D eigenvalue weighted by Crippen LogP contribution is 2.12. The molecule has 0 aromatic heterocycles. The number of amides is 2. The SMILES string of the molecule is CCN(CC)CCNC(=O)NCCC[Si](C)(OC)OC. The number of hydrogen-bond donors (Lipinski definition) is 2. The number of urea groups is 1. The molecule has 2 N–H and O–H groups in total. The number of rotatable bonds is 11. The summed E-state index contributed by atoms with van der Waals surface area (Å²) in [4.78, 5) is 13.8. The first-order valence-electron chi connectivity index (χ1n) is 7.35. The first kappa shape index (κ1) is 19.4. The van der Waals surface area contributed by atoms with Gasteiger partial charge in [0.25, 0.3) is 0 Å². The van der Waals surface area contributed by atoms with Gasteiger partial charge >= 0.3 is 14.6 Å². The summed E-state index contributed by atoms with van der Waals surface area (Å²) in [7, 11) is 1.37. The van der Waals surface area contributed by atoms with E-state index in [1.165, 1.54) is 0 Å². The van der Waals surface area contributed by atoms with Crippen LogP contribution in [0.2, 0.25) is 12.6 Å². The molecule has 20 heavy (non-hydrogen) atoms. The molecule has 6 nitrogen and oxygen atoms in total. The quantitative estimate of drug-likeness (QED) is 0.447. The Bertz CT molecular complexity index is 259. The van der Waals surface area contributed by atoms with Crippen molar-refractivity contribution in [2.45, 2.75) is 32.9 Å². The van der Waals surface area contributed by atoms with Gasteiger partial charge in [-0.1, -0.05) is 13.8 Å². The molecule has 7 heteroatoms. The first-order valence-corrected chi connectivity index (χ1v) is 9.88. The smallest absolute Gasteiger partial charge is 0.334 e. The minimum absolute atomic E-state index is 0.102. The van der Waals surface area contributed by atoms with Gasteiger partial charge in [-0.25, -0.2) is 4.79 Å². The van der Waals surface area contributed by atoms with E-state index in [-0.39, 0.29) is 6.03 Å². The van der Waals surface area contributed by atoms with Gasteiger partial charge in [0.05, 0.1) is 0 Å². The molecule has 0 spiro atoms. The molecule has 0 heterocycles. The van der Waals surface area contributed by atoms with Gasteiger partial charge in [0.2, 0.25) is 0 Å². The summed E-state index contributed by atoms with van der Waals surface area (Å²) in [6.45, 7) is 10.5. The van der Waals surface area contributed by atoms with Crippen molar-refractivity contribution >= 4 is 14.6 Å². The lowest BCUT2D eigenvalue weighted by Crippen LogP contribution is -2.41. The summed E-state index contributed by atoms with van der Waals surface area (Å²) in [5.74, 6) is 0. The molecule has 0 unspecified atom stereocenters. The van der Waals surface area contributed by atoms with Gasteiger partial charge in [-0.15, -0.1) is 0 Å². The number of carbonyl (C=O) groups is 1. The molecule has 0 aromatic rings. The van der Waals surface area contributed by atoms with Crippen LogP contribution in [-0.2, 0) is 8.85 Å². The Balaban J connectivity index is 3.64. The number of likely N-dealkylation sites (N-methyl/N-ethyl adjacent to an activating group) is 1. The van der Waals surface area contributed by atoms with E-state index in [2.05, 4.69) is 29.4 Å². The van der Waals surface area contributed by atoms with E-state index in [0.717, 1.165) is 32.1 Å². The predicted octanol–water partition coefficient (Wildman–Crippen LogP) is 1.38. The van der Waals surface area contributed by atoms with Crippen molar-refractivity contribution in [3.05, 3.63) is 0 Å². The van der Waals surface area contributed by atoms with Gasteiger partial charge in [-0.05, 0) is 32.1 Å². The third kappa shape index (κ3) is 8.52. The van der Waals surface area contributed by atoms with Crippen LogP contribution >= 0.6 is 0 Å². The van der Waals surface area contributed by atoms with E-state index in [4.69, 9.17) is 8.85 Å². The Morgan fingerprint density at radius 1 is 1.10 bits per heavy atom. The molecule has 0 aliphatic carbocycles. The zero-order valence-electron chi connectivity index (χ0n) is 13.6. The summed E-state index contributed by atoms with van der Waals surface area (Å²) in [6, 6.07) is 0.773. The molecular weight excluding hydrogens is 274 g/mol. The first-order chi connectivity index (χ1) is 9.51. The van der Waals surface area contributed by atoms with E-state index in [1.807, 2.05) is 6.55 Å². The lowest BCUT2D eigenvalue weighted by atomic mass is 10.4. The molecule has 120 valence electrons.